The van der Waals surface area contributed by atoms with E-state index in [1.54, 1.807) is 11.1 Å². The Kier molecular flexibility index (Phi) is 8.43. The molecule has 0 bridgehead atoms. The lowest BCUT2D eigenvalue weighted by atomic mass is 9.73. The van der Waals surface area contributed by atoms with Crippen molar-refractivity contribution in [3.8, 4) is 11.1 Å². The van der Waals surface area contributed by atoms with E-state index in [1.807, 2.05) is 0 Å². The van der Waals surface area contributed by atoms with E-state index in [0.717, 1.165) is 6.04 Å². The fourth-order valence-electron chi connectivity index (χ4n) is 10.9. The van der Waals surface area contributed by atoms with E-state index < -0.39 is 8.24 Å². The zero-order chi connectivity index (χ0) is 34.2. The van der Waals surface area contributed by atoms with E-state index >= 15 is 0 Å². The minimum absolute atomic E-state index is 0.0146. The van der Waals surface area contributed by atoms with Gasteiger partial charge in [-0.15, -0.1) is 0 Å². The molecule has 0 spiro atoms. The Hall–Kier alpha value is -2.68. The standard InChI is InChI=1S/C46H61NSi/c1-44(2,3)34-24-21-31(22-25-34)33-23-26-36-39-28-40-38(29-42(39)46(7,8)41(36)27-33)37(32-17-13-11-14-18-32)30-43(40)48(9,10)47(45(4,5)6)35-19-15-12-16-20-35/h11,13-14,17-18,21-29,35,37-38,40,43H,12,15-16,19-20,30H2,1-10H3. The fraction of sp³-hybridized carbons (Fsp3) is 0.522. The van der Waals surface area contributed by atoms with Crippen molar-refractivity contribution >= 4 is 13.8 Å². The minimum atomic E-state index is -1.89. The lowest BCUT2D eigenvalue weighted by molar-refractivity contribution is 0.140. The number of allylic oxidation sites excluding steroid dienone is 4. The van der Waals surface area contributed by atoms with Crippen LogP contribution in [0.2, 0.25) is 18.6 Å². The SMILES string of the molecule is CC(C)(C)c1ccc(-c2ccc3c(c2)C(C)(C)C2=CC4C(c5ccccc5)CC([Si](C)(C)N(C5CCCCC5)C(C)(C)C)C4C=C23)cc1. The molecule has 0 aliphatic heterocycles. The molecule has 4 aliphatic carbocycles. The van der Waals surface area contributed by atoms with Crippen LogP contribution in [0.4, 0.5) is 0 Å². The highest BCUT2D eigenvalue weighted by molar-refractivity contribution is 6.76. The summed E-state index contributed by atoms with van der Waals surface area (Å²) < 4.78 is 3.13. The van der Waals surface area contributed by atoms with Gasteiger partial charge in [-0.2, -0.15) is 0 Å². The van der Waals surface area contributed by atoms with Crippen LogP contribution in [0, 0.1) is 11.8 Å². The van der Waals surface area contributed by atoms with Crippen molar-refractivity contribution in [2.24, 2.45) is 11.8 Å². The molecule has 4 atom stereocenters. The Morgan fingerprint density at radius 2 is 1.38 bits per heavy atom. The van der Waals surface area contributed by atoms with Crippen LogP contribution < -0.4 is 0 Å². The van der Waals surface area contributed by atoms with Gasteiger partial charge in [0.2, 0.25) is 0 Å². The highest BCUT2D eigenvalue weighted by Crippen LogP contribution is 2.63. The Labute approximate surface area is 294 Å². The molecule has 0 heterocycles. The summed E-state index contributed by atoms with van der Waals surface area (Å²) in [5.74, 6) is 1.70. The smallest absolute Gasteiger partial charge is 0.126 e. The molecule has 0 saturated heterocycles. The van der Waals surface area contributed by atoms with Crippen molar-refractivity contribution in [2.75, 3.05) is 0 Å². The third-order valence-electron chi connectivity index (χ3n) is 13.0. The normalized spacial score (nSPS) is 25.7. The molecule has 2 heteroatoms. The Morgan fingerprint density at radius 1 is 0.729 bits per heavy atom. The first kappa shape index (κ1) is 33.8. The van der Waals surface area contributed by atoms with Gasteiger partial charge in [-0.1, -0.05) is 146 Å². The lowest BCUT2D eigenvalue weighted by Gasteiger charge is -2.55. The molecule has 0 amide bonds. The van der Waals surface area contributed by atoms with Crippen molar-refractivity contribution < 1.29 is 0 Å². The molecule has 0 N–H and O–H groups in total. The molecular formula is C46H61NSi. The highest BCUT2D eigenvalue weighted by atomic mass is 28.3. The van der Waals surface area contributed by atoms with Crippen LogP contribution >= 0.6 is 0 Å². The first-order valence-electron chi connectivity index (χ1n) is 19.1. The van der Waals surface area contributed by atoms with Crippen LogP contribution in [0.1, 0.15) is 122 Å². The number of benzene rings is 3. The number of hydrogen-bond acceptors (Lipinski definition) is 1. The average Bonchev–Trinajstić information content (AvgIpc) is 3.53. The van der Waals surface area contributed by atoms with Crippen LogP contribution in [-0.2, 0) is 10.8 Å². The Morgan fingerprint density at radius 3 is 2.00 bits per heavy atom. The van der Waals surface area contributed by atoms with Gasteiger partial charge in [0.1, 0.15) is 8.24 Å². The summed E-state index contributed by atoms with van der Waals surface area (Å²) in [5, 5.41) is 0. The van der Waals surface area contributed by atoms with Gasteiger partial charge >= 0.3 is 0 Å². The number of hydrogen-bond donors (Lipinski definition) is 0. The van der Waals surface area contributed by atoms with Gasteiger partial charge in [-0.25, -0.2) is 0 Å². The van der Waals surface area contributed by atoms with Crippen LogP contribution in [0.3, 0.4) is 0 Å². The number of fused-ring (bicyclic) bond motifs is 4. The minimum Gasteiger partial charge on any atom is -0.316 e. The molecule has 3 aromatic carbocycles. The second-order valence-electron chi connectivity index (χ2n) is 18.9. The quantitative estimate of drug-likeness (QED) is 0.247. The zero-order valence-corrected chi connectivity index (χ0v) is 32.7. The summed E-state index contributed by atoms with van der Waals surface area (Å²) in [4.78, 5) is 0. The largest absolute Gasteiger partial charge is 0.316 e. The molecule has 4 unspecified atom stereocenters. The summed E-state index contributed by atoms with van der Waals surface area (Å²) in [6, 6.07) is 29.0. The predicted octanol–water partition coefficient (Wildman–Crippen LogP) is 12.7. The first-order valence-corrected chi connectivity index (χ1v) is 22.2. The van der Waals surface area contributed by atoms with Crippen molar-refractivity contribution in [1.29, 1.82) is 0 Å². The molecule has 1 nitrogen and oxygen atoms in total. The lowest BCUT2D eigenvalue weighted by Crippen LogP contribution is -2.64. The van der Waals surface area contributed by atoms with Crippen LogP contribution in [0.5, 0.6) is 0 Å². The molecule has 2 saturated carbocycles. The van der Waals surface area contributed by atoms with Crippen molar-refractivity contribution in [2.45, 2.75) is 141 Å². The maximum Gasteiger partial charge on any atom is 0.126 e. The highest BCUT2D eigenvalue weighted by Gasteiger charge is 2.56. The summed E-state index contributed by atoms with van der Waals surface area (Å²) in [6.07, 6.45) is 13.9. The number of nitrogens with zero attached hydrogens (tertiary/aromatic N) is 1. The van der Waals surface area contributed by atoms with Gasteiger partial charge in [0, 0.05) is 17.0 Å². The van der Waals surface area contributed by atoms with Gasteiger partial charge < -0.3 is 4.57 Å². The monoisotopic (exact) mass is 655 g/mol. The zero-order valence-electron chi connectivity index (χ0n) is 31.7. The fourth-order valence-corrected chi connectivity index (χ4v) is 16.3. The van der Waals surface area contributed by atoms with Gasteiger partial charge in [0.05, 0.1) is 0 Å². The van der Waals surface area contributed by atoms with Crippen LogP contribution in [-0.4, -0.2) is 24.4 Å². The van der Waals surface area contributed by atoms with E-state index in [1.165, 1.54) is 71.9 Å². The van der Waals surface area contributed by atoms with Crippen molar-refractivity contribution in [1.82, 2.24) is 4.57 Å². The topological polar surface area (TPSA) is 3.24 Å². The van der Waals surface area contributed by atoms with Gasteiger partial charge in [0.25, 0.3) is 0 Å². The Bertz CT molecular complexity index is 1700. The summed E-state index contributed by atoms with van der Waals surface area (Å²) in [7, 11) is -1.89. The Balaban J connectivity index is 1.31. The second kappa shape index (κ2) is 12.0. The van der Waals surface area contributed by atoms with E-state index in [9.17, 15) is 0 Å². The van der Waals surface area contributed by atoms with Crippen molar-refractivity contribution in [3.63, 3.8) is 0 Å². The first-order chi connectivity index (χ1) is 22.6. The summed E-state index contributed by atoms with van der Waals surface area (Å²) >= 11 is 0. The maximum absolute atomic E-state index is 3.13. The van der Waals surface area contributed by atoms with Crippen LogP contribution in [0.15, 0.2) is 90.5 Å². The van der Waals surface area contributed by atoms with Gasteiger partial charge in [-0.3, -0.25) is 0 Å². The van der Waals surface area contributed by atoms with E-state index in [2.05, 4.69) is 158 Å². The van der Waals surface area contributed by atoms with Crippen molar-refractivity contribution in [3.05, 3.63) is 113 Å². The molecule has 4 aliphatic rings. The molecule has 0 aromatic heterocycles. The number of rotatable bonds is 5. The molecular weight excluding hydrogens is 595 g/mol. The third-order valence-corrected chi connectivity index (χ3v) is 17.8. The molecule has 0 radical (unpaired) electrons. The third kappa shape index (κ3) is 5.73. The van der Waals surface area contributed by atoms with Gasteiger partial charge in [-0.05, 0) is 119 Å². The molecule has 2 fully saturated rings. The van der Waals surface area contributed by atoms with Crippen LogP contribution in [0.25, 0.3) is 16.7 Å². The molecule has 3 aromatic rings. The summed E-state index contributed by atoms with van der Waals surface area (Å²) in [5.41, 5.74) is 12.7. The molecule has 254 valence electrons. The summed E-state index contributed by atoms with van der Waals surface area (Å²) in [6.45, 7) is 24.9. The van der Waals surface area contributed by atoms with E-state index in [4.69, 9.17) is 0 Å². The molecule has 7 rings (SSSR count). The predicted molar refractivity (Wildman–Crippen MR) is 210 cm³/mol. The van der Waals surface area contributed by atoms with Gasteiger partial charge in [0.15, 0.2) is 0 Å². The average molecular weight is 656 g/mol. The van der Waals surface area contributed by atoms with E-state index in [0.29, 0.717) is 23.3 Å². The second-order valence-corrected chi connectivity index (χ2v) is 23.4. The van der Waals surface area contributed by atoms with E-state index in [-0.39, 0.29) is 16.4 Å². The maximum atomic E-state index is 3.13. The molecule has 48 heavy (non-hydrogen) atoms.